The minimum Gasteiger partial charge on any atom is -0.375 e. The largest absolute Gasteiger partial charge is 0.375 e. The minimum absolute atomic E-state index is 0.237. The highest BCUT2D eigenvalue weighted by Gasteiger charge is 2.39. The van der Waals surface area contributed by atoms with Crippen LogP contribution in [0.1, 0.15) is 24.1 Å². The molecule has 1 saturated carbocycles. The number of aromatic nitrogens is 2. The standard InChI is InChI=1S/C22H23F2N3O2P/c23-15-2-5-17-18(13-15)22(28)26-25-20(17)11-14-1-6-19(24)21(12-14)30(29)9-7-27(8-10-30)16-3-4-16/h1-2,5-6,12-13,16,29H,3-4,7-11H2,(H,26,28). The van der Waals surface area contributed by atoms with Crippen LogP contribution in [0.5, 0.6) is 0 Å². The van der Waals surface area contributed by atoms with Crippen molar-refractivity contribution in [3.8, 4) is 0 Å². The molecule has 157 valence electrons. The molecule has 1 aliphatic carbocycles. The SMILES string of the molecule is O=c1[nH]nc(Cc2ccc(F)c([P]3(O)CCN(C4CC4)CC3)c2)c2ccc(F)cc12. The summed E-state index contributed by atoms with van der Waals surface area (Å²) in [6.45, 7) is 1.63. The first-order chi connectivity index (χ1) is 14.4. The average molecular weight is 430 g/mol. The Labute approximate surface area is 173 Å². The lowest BCUT2D eigenvalue weighted by molar-refractivity contribution is 0.282. The van der Waals surface area contributed by atoms with Crippen LogP contribution in [0, 0.1) is 11.6 Å². The van der Waals surface area contributed by atoms with Gasteiger partial charge in [-0.3, -0.25) is 9.69 Å². The van der Waals surface area contributed by atoms with Crippen LogP contribution >= 0.6 is 7.49 Å². The maximum Gasteiger partial charge on any atom is 0.272 e. The summed E-state index contributed by atoms with van der Waals surface area (Å²) in [6.07, 6.45) is 4.03. The van der Waals surface area contributed by atoms with Gasteiger partial charge in [0.2, 0.25) is 0 Å². The zero-order valence-electron chi connectivity index (χ0n) is 16.4. The van der Waals surface area contributed by atoms with E-state index in [-0.39, 0.29) is 11.2 Å². The normalized spacial score (nSPS) is 19.3. The average Bonchev–Trinajstić information content (AvgIpc) is 3.57. The van der Waals surface area contributed by atoms with Crippen LogP contribution in [0.25, 0.3) is 10.8 Å². The molecule has 1 saturated heterocycles. The van der Waals surface area contributed by atoms with Crippen LogP contribution in [0.15, 0.2) is 41.2 Å². The highest BCUT2D eigenvalue weighted by atomic mass is 31.2. The van der Waals surface area contributed by atoms with Crippen LogP contribution in [0.4, 0.5) is 8.78 Å². The first kappa shape index (κ1) is 19.7. The van der Waals surface area contributed by atoms with Gasteiger partial charge in [0.15, 0.2) is 0 Å². The first-order valence-electron chi connectivity index (χ1n) is 10.2. The number of nitrogens with zero attached hydrogens (tertiary/aromatic N) is 2. The van der Waals surface area contributed by atoms with Crippen LogP contribution in [-0.4, -0.2) is 51.4 Å². The summed E-state index contributed by atoms with van der Waals surface area (Å²) in [5, 5.41) is 7.78. The predicted molar refractivity (Wildman–Crippen MR) is 115 cm³/mol. The fraction of sp³-hybridized carbons (Fsp3) is 0.364. The molecule has 0 amide bonds. The number of halogens is 2. The second-order valence-electron chi connectivity index (χ2n) is 8.29. The lowest BCUT2D eigenvalue weighted by Crippen LogP contribution is -2.41. The van der Waals surface area contributed by atoms with Gasteiger partial charge in [0, 0.05) is 56.1 Å². The summed E-state index contributed by atoms with van der Waals surface area (Å²) >= 11 is 0. The molecular formula is C22H23F2N3O2P. The van der Waals surface area contributed by atoms with Crippen LogP contribution in [-0.2, 0) is 6.42 Å². The van der Waals surface area contributed by atoms with Gasteiger partial charge in [0.1, 0.15) is 11.6 Å². The first-order valence-corrected chi connectivity index (χ1v) is 12.3. The number of H-pyrrole nitrogens is 1. The van der Waals surface area contributed by atoms with Gasteiger partial charge in [0.25, 0.3) is 5.56 Å². The van der Waals surface area contributed by atoms with Gasteiger partial charge in [0.05, 0.1) is 11.1 Å². The highest BCUT2D eigenvalue weighted by Crippen LogP contribution is 2.56. The molecule has 1 radical (unpaired) electrons. The second kappa shape index (κ2) is 7.49. The van der Waals surface area contributed by atoms with E-state index in [0.717, 1.165) is 18.7 Å². The van der Waals surface area contributed by atoms with Crippen molar-refractivity contribution < 1.29 is 13.7 Å². The Morgan fingerprint density at radius 2 is 1.87 bits per heavy atom. The van der Waals surface area contributed by atoms with Crippen molar-refractivity contribution in [3.05, 3.63) is 69.6 Å². The molecule has 0 atom stereocenters. The molecule has 0 unspecified atom stereocenters. The molecule has 5 rings (SSSR count). The number of aromatic amines is 1. The molecule has 2 heterocycles. The van der Waals surface area contributed by atoms with Gasteiger partial charge >= 0.3 is 0 Å². The molecule has 0 bridgehead atoms. The van der Waals surface area contributed by atoms with Gasteiger partial charge in [-0.1, -0.05) is 6.07 Å². The Balaban J connectivity index is 1.45. The van der Waals surface area contributed by atoms with E-state index in [4.69, 9.17) is 0 Å². The van der Waals surface area contributed by atoms with E-state index in [0.29, 0.717) is 41.2 Å². The van der Waals surface area contributed by atoms with Gasteiger partial charge in [-0.05, 0) is 48.7 Å². The van der Waals surface area contributed by atoms with Crippen molar-refractivity contribution in [3.63, 3.8) is 0 Å². The number of benzene rings is 2. The zero-order valence-corrected chi connectivity index (χ0v) is 17.3. The van der Waals surface area contributed by atoms with Crippen LogP contribution in [0.2, 0.25) is 0 Å². The van der Waals surface area contributed by atoms with Crippen LogP contribution < -0.4 is 10.9 Å². The van der Waals surface area contributed by atoms with Gasteiger partial charge in [-0.2, -0.15) is 5.10 Å². The summed E-state index contributed by atoms with van der Waals surface area (Å²) in [7, 11) is -2.54. The summed E-state index contributed by atoms with van der Waals surface area (Å²) in [6, 6.07) is 9.51. The number of fused-ring (bicyclic) bond motifs is 1. The third kappa shape index (κ3) is 3.66. The fourth-order valence-corrected chi connectivity index (χ4v) is 7.13. The van der Waals surface area contributed by atoms with Crippen molar-refractivity contribution in [1.29, 1.82) is 0 Å². The molecular weight excluding hydrogens is 407 g/mol. The number of hydrogen-bond donors (Lipinski definition) is 2. The molecule has 30 heavy (non-hydrogen) atoms. The smallest absolute Gasteiger partial charge is 0.272 e. The van der Waals surface area contributed by atoms with E-state index in [9.17, 15) is 18.5 Å². The van der Waals surface area contributed by atoms with E-state index in [1.165, 1.54) is 31.0 Å². The van der Waals surface area contributed by atoms with E-state index in [1.807, 2.05) is 0 Å². The van der Waals surface area contributed by atoms with Crippen molar-refractivity contribution in [2.45, 2.75) is 25.3 Å². The lowest BCUT2D eigenvalue weighted by atomic mass is 10.0. The lowest BCUT2D eigenvalue weighted by Gasteiger charge is -2.40. The molecule has 2 N–H and O–H groups in total. The molecule has 2 aliphatic rings. The second-order valence-corrected chi connectivity index (χ2v) is 11.5. The highest BCUT2D eigenvalue weighted by molar-refractivity contribution is 7.77. The zero-order chi connectivity index (χ0) is 20.9. The Hall–Kier alpha value is -2.21. The topological polar surface area (TPSA) is 69.2 Å². The van der Waals surface area contributed by atoms with Crippen LogP contribution in [0.3, 0.4) is 0 Å². The van der Waals surface area contributed by atoms with Crippen molar-refractivity contribution >= 4 is 23.6 Å². The Kier molecular flexibility index (Phi) is 4.92. The Morgan fingerprint density at radius 3 is 2.60 bits per heavy atom. The molecule has 1 aromatic heterocycles. The maximum absolute atomic E-state index is 14.7. The number of hydrogen-bond acceptors (Lipinski definition) is 4. The van der Waals surface area contributed by atoms with E-state index in [1.54, 1.807) is 18.2 Å². The molecule has 8 heteroatoms. The van der Waals surface area contributed by atoms with E-state index < -0.39 is 18.9 Å². The van der Waals surface area contributed by atoms with Gasteiger partial charge in [-0.25, -0.2) is 13.9 Å². The number of nitrogens with one attached hydrogen (secondary N) is 1. The van der Waals surface area contributed by atoms with E-state index in [2.05, 4.69) is 15.1 Å². The Morgan fingerprint density at radius 1 is 1.10 bits per heavy atom. The van der Waals surface area contributed by atoms with Gasteiger partial charge in [-0.15, -0.1) is 0 Å². The quantitative estimate of drug-likeness (QED) is 0.625. The molecule has 5 nitrogen and oxygen atoms in total. The minimum atomic E-state index is -2.54. The van der Waals surface area contributed by atoms with Gasteiger partial charge < -0.3 is 4.89 Å². The summed E-state index contributed by atoms with van der Waals surface area (Å²) < 4.78 is 28.3. The van der Waals surface area contributed by atoms with Crippen molar-refractivity contribution in [1.82, 2.24) is 15.1 Å². The Bertz CT molecular complexity index is 1170. The third-order valence-corrected chi connectivity index (χ3v) is 9.36. The summed E-state index contributed by atoms with van der Waals surface area (Å²) in [5.74, 6) is -0.852. The third-order valence-electron chi connectivity index (χ3n) is 6.24. The van der Waals surface area contributed by atoms with E-state index >= 15 is 0 Å². The fourth-order valence-electron chi connectivity index (χ4n) is 4.37. The summed E-state index contributed by atoms with van der Waals surface area (Å²) in [4.78, 5) is 25.7. The molecule has 1 aliphatic heterocycles. The van der Waals surface area contributed by atoms with Crippen molar-refractivity contribution in [2.24, 2.45) is 0 Å². The van der Waals surface area contributed by atoms with Crippen molar-refractivity contribution in [2.75, 3.05) is 25.4 Å². The monoisotopic (exact) mass is 430 g/mol. The molecule has 0 spiro atoms. The predicted octanol–water partition coefficient (Wildman–Crippen LogP) is 2.82. The number of rotatable bonds is 4. The maximum atomic E-state index is 14.7. The molecule has 2 aromatic carbocycles. The summed E-state index contributed by atoms with van der Waals surface area (Å²) in [5.41, 5.74) is 0.932. The molecule has 3 aromatic rings. The molecule has 2 fully saturated rings.